The third-order valence-electron chi connectivity index (χ3n) is 3.22. The predicted octanol–water partition coefficient (Wildman–Crippen LogP) is 4.00. The molecule has 1 aliphatic rings. The maximum absolute atomic E-state index is 2.48. The minimum absolute atomic E-state index is 0.718. The molecule has 0 radical (unpaired) electrons. The topological polar surface area (TPSA) is 0 Å². The molecule has 0 aromatic heterocycles. The zero-order valence-corrected chi connectivity index (χ0v) is 8.32. The molecule has 0 aliphatic heterocycles. The van der Waals surface area contributed by atoms with Crippen LogP contribution in [0.1, 0.15) is 59.3 Å². The molecule has 0 N–H and O–H groups in total. The van der Waals surface area contributed by atoms with Gasteiger partial charge in [0.15, 0.2) is 0 Å². The predicted molar refractivity (Wildman–Crippen MR) is 50.6 cm³/mol. The fourth-order valence-corrected chi connectivity index (χ4v) is 2.47. The monoisotopic (exact) mass is 154 g/mol. The number of hydrogen-bond donors (Lipinski definition) is 0. The Kier molecular flexibility index (Phi) is 2.98. The lowest BCUT2D eigenvalue weighted by Gasteiger charge is -2.23. The number of hydrogen-bond acceptors (Lipinski definition) is 0. The van der Waals surface area contributed by atoms with Crippen molar-refractivity contribution in [1.29, 1.82) is 0 Å². The van der Waals surface area contributed by atoms with Crippen molar-refractivity contribution in [3.8, 4) is 0 Å². The molecule has 0 amide bonds. The van der Waals surface area contributed by atoms with E-state index in [2.05, 4.69) is 20.8 Å². The van der Waals surface area contributed by atoms with Crippen molar-refractivity contribution >= 4 is 0 Å². The second kappa shape index (κ2) is 3.60. The Morgan fingerprint density at radius 1 is 1.45 bits per heavy atom. The van der Waals surface area contributed by atoms with Crippen LogP contribution in [0.5, 0.6) is 0 Å². The first-order valence-corrected chi connectivity index (χ1v) is 5.16. The van der Waals surface area contributed by atoms with E-state index in [4.69, 9.17) is 0 Å². The van der Waals surface area contributed by atoms with Gasteiger partial charge in [-0.2, -0.15) is 0 Å². The second-order valence-corrected chi connectivity index (χ2v) is 4.76. The summed E-state index contributed by atoms with van der Waals surface area (Å²) in [5, 5.41) is 0. The van der Waals surface area contributed by atoms with Crippen LogP contribution in [0, 0.1) is 11.3 Å². The van der Waals surface area contributed by atoms with E-state index in [-0.39, 0.29) is 0 Å². The first-order valence-electron chi connectivity index (χ1n) is 5.16. The molecule has 11 heavy (non-hydrogen) atoms. The maximum atomic E-state index is 2.48. The SMILES string of the molecule is CCCCC1(C)CCC(C)C1. The van der Waals surface area contributed by atoms with E-state index in [0.717, 1.165) is 11.3 Å². The van der Waals surface area contributed by atoms with E-state index in [1.165, 1.54) is 38.5 Å². The van der Waals surface area contributed by atoms with Crippen LogP contribution >= 0.6 is 0 Å². The quantitative estimate of drug-likeness (QED) is 0.576. The Hall–Kier alpha value is 0. The first kappa shape index (κ1) is 9.09. The van der Waals surface area contributed by atoms with E-state index >= 15 is 0 Å². The van der Waals surface area contributed by atoms with Gasteiger partial charge in [-0.05, 0) is 30.6 Å². The highest BCUT2D eigenvalue weighted by Gasteiger charge is 2.31. The third kappa shape index (κ3) is 2.50. The van der Waals surface area contributed by atoms with Crippen molar-refractivity contribution in [2.45, 2.75) is 59.3 Å². The van der Waals surface area contributed by atoms with E-state index in [9.17, 15) is 0 Å². The van der Waals surface area contributed by atoms with Crippen LogP contribution in [0.3, 0.4) is 0 Å². The van der Waals surface area contributed by atoms with Crippen molar-refractivity contribution in [2.24, 2.45) is 11.3 Å². The molecule has 0 heterocycles. The number of rotatable bonds is 3. The van der Waals surface area contributed by atoms with Crippen molar-refractivity contribution in [1.82, 2.24) is 0 Å². The van der Waals surface area contributed by atoms with Crippen LogP contribution in [0.15, 0.2) is 0 Å². The van der Waals surface area contributed by atoms with Crippen LogP contribution in [0.2, 0.25) is 0 Å². The summed E-state index contributed by atoms with van der Waals surface area (Å²) in [5.41, 5.74) is 0.718. The Morgan fingerprint density at radius 2 is 2.18 bits per heavy atom. The Bertz CT molecular complexity index is 117. The van der Waals surface area contributed by atoms with Crippen LogP contribution in [0.4, 0.5) is 0 Å². The average molecular weight is 154 g/mol. The molecule has 2 unspecified atom stereocenters. The third-order valence-corrected chi connectivity index (χ3v) is 3.22. The summed E-state index contributed by atoms with van der Waals surface area (Å²) in [6, 6.07) is 0. The summed E-state index contributed by atoms with van der Waals surface area (Å²) >= 11 is 0. The molecule has 0 saturated heterocycles. The van der Waals surface area contributed by atoms with Gasteiger partial charge in [0, 0.05) is 0 Å². The highest BCUT2D eigenvalue weighted by atomic mass is 14.4. The Labute approximate surface area is 71.4 Å². The van der Waals surface area contributed by atoms with Crippen molar-refractivity contribution < 1.29 is 0 Å². The molecule has 0 aromatic carbocycles. The average Bonchev–Trinajstić information content (AvgIpc) is 2.28. The standard InChI is InChI=1S/C11H22/c1-4-5-7-11(3)8-6-10(2)9-11/h10H,4-9H2,1-3H3. The lowest BCUT2D eigenvalue weighted by atomic mass is 9.83. The van der Waals surface area contributed by atoms with Gasteiger partial charge < -0.3 is 0 Å². The molecule has 1 fully saturated rings. The minimum atomic E-state index is 0.718. The van der Waals surface area contributed by atoms with Crippen LogP contribution in [0.25, 0.3) is 0 Å². The lowest BCUT2D eigenvalue weighted by Crippen LogP contribution is -2.10. The summed E-state index contributed by atoms with van der Waals surface area (Å²) in [7, 11) is 0. The van der Waals surface area contributed by atoms with Crippen LogP contribution < -0.4 is 0 Å². The highest BCUT2D eigenvalue weighted by Crippen LogP contribution is 2.44. The molecule has 2 atom stereocenters. The van der Waals surface area contributed by atoms with Crippen molar-refractivity contribution in [2.75, 3.05) is 0 Å². The van der Waals surface area contributed by atoms with E-state index in [0.29, 0.717) is 0 Å². The van der Waals surface area contributed by atoms with Crippen LogP contribution in [-0.2, 0) is 0 Å². The van der Waals surface area contributed by atoms with Crippen molar-refractivity contribution in [3.63, 3.8) is 0 Å². The summed E-state index contributed by atoms with van der Waals surface area (Å²) in [5.74, 6) is 0.997. The van der Waals surface area contributed by atoms with E-state index in [1.807, 2.05) is 0 Å². The molecule has 66 valence electrons. The Morgan fingerprint density at radius 3 is 2.64 bits per heavy atom. The molecule has 1 aliphatic carbocycles. The van der Waals surface area contributed by atoms with Gasteiger partial charge in [0.2, 0.25) is 0 Å². The van der Waals surface area contributed by atoms with Gasteiger partial charge in [0.05, 0.1) is 0 Å². The molecular formula is C11H22. The molecule has 0 spiro atoms. The van der Waals surface area contributed by atoms with Crippen LogP contribution in [-0.4, -0.2) is 0 Å². The normalized spacial score (nSPS) is 37.9. The maximum Gasteiger partial charge on any atom is -0.0323 e. The molecular weight excluding hydrogens is 132 g/mol. The van der Waals surface area contributed by atoms with Gasteiger partial charge in [-0.3, -0.25) is 0 Å². The van der Waals surface area contributed by atoms with Crippen molar-refractivity contribution in [3.05, 3.63) is 0 Å². The fourth-order valence-electron chi connectivity index (χ4n) is 2.47. The zero-order valence-electron chi connectivity index (χ0n) is 8.32. The smallest absolute Gasteiger partial charge is 0.0323 e. The molecule has 0 nitrogen and oxygen atoms in total. The first-order chi connectivity index (χ1) is 5.16. The summed E-state index contributed by atoms with van der Waals surface area (Å²) in [4.78, 5) is 0. The molecule has 0 heteroatoms. The molecule has 0 bridgehead atoms. The minimum Gasteiger partial charge on any atom is -0.0654 e. The van der Waals surface area contributed by atoms with Gasteiger partial charge in [-0.1, -0.05) is 40.0 Å². The van der Waals surface area contributed by atoms with Gasteiger partial charge in [-0.15, -0.1) is 0 Å². The fraction of sp³-hybridized carbons (Fsp3) is 1.00. The zero-order chi connectivity index (χ0) is 8.32. The highest BCUT2D eigenvalue weighted by molar-refractivity contribution is 4.83. The second-order valence-electron chi connectivity index (χ2n) is 4.76. The van der Waals surface area contributed by atoms with Gasteiger partial charge >= 0.3 is 0 Å². The van der Waals surface area contributed by atoms with E-state index in [1.54, 1.807) is 0 Å². The molecule has 0 aromatic rings. The Balaban J connectivity index is 2.29. The molecule has 1 rings (SSSR count). The largest absolute Gasteiger partial charge is 0.0654 e. The van der Waals surface area contributed by atoms with E-state index < -0.39 is 0 Å². The van der Waals surface area contributed by atoms with Gasteiger partial charge in [0.1, 0.15) is 0 Å². The lowest BCUT2D eigenvalue weighted by molar-refractivity contribution is 0.288. The summed E-state index contributed by atoms with van der Waals surface area (Å²) in [6.07, 6.45) is 8.70. The van der Waals surface area contributed by atoms with Gasteiger partial charge in [-0.25, -0.2) is 0 Å². The molecule has 1 saturated carbocycles. The summed E-state index contributed by atoms with van der Waals surface area (Å²) < 4.78 is 0. The van der Waals surface area contributed by atoms with Gasteiger partial charge in [0.25, 0.3) is 0 Å². The number of unbranched alkanes of at least 4 members (excludes halogenated alkanes) is 1. The summed E-state index contributed by atoms with van der Waals surface area (Å²) in [6.45, 7) is 7.17.